The van der Waals surface area contributed by atoms with Gasteiger partial charge in [0, 0.05) is 15.7 Å². The van der Waals surface area contributed by atoms with Crippen molar-refractivity contribution in [2.24, 2.45) is 5.92 Å². The number of hydrogen-bond donors (Lipinski definition) is 2. The van der Waals surface area contributed by atoms with Crippen LogP contribution in [0.1, 0.15) is 28.7 Å². The fourth-order valence-electron chi connectivity index (χ4n) is 3.14. The molecular formula is C19H15BrN4O3. The summed E-state index contributed by atoms with van der Waals surface area (Å²) < 4.78 is 18.0. The molecule has 7 nitrogen and oxygen atoms in total. The largest absolute Gasteiger partial charge is 0.486 e. The molecule has 1 aromatic carbocycles. The maximum absolute atomic E-state index is 9.56. The van der Waals surface area contributed by atoms with Gasteiger partial charge < -0.3 is 13.9 Å². The first kappa shape index (κ1) is 17.4. The van der Waals surface area contributed by atoms with Gasteiger partial charge in [-0.1, -0.05) is 22.0 Å². The number of fused-ring (bicyclic) bond motifs is 1. The quantitative estimate of drug-likeness (QED) is 0.646. The molecule has 8 heteroatoms. The Morgan fingerprint density at radius 2 is 2.22 bits per heavy atom. The summed E-state index contributed by atoms with van der Waals surface area (Å²) in [7, 11) is 0. The van der Waals surface area contributed by atoms with Crippen molar-refractivity contribution in [3.05, 3.63) is 63.6 Å². The van der Waals surface area contributed by atoms with Crippen molar-refractivity contribution in [3.63, 3.8) is 0 Å². The number of furan rings is 1. The zero-order valence-corrected chi connectivity index (χ0v) is 15.9. The molecule has 3 aromatic rings. The molecular weight excluding hydrogens is 412 g/mol. The van der Waals surface area contributed by atoms with Gasteiger partial charge in [-0.15, -0.1) is 5.10 Å². The number of aromatic nitrogens is 2. The third kappa shape index (κ3) is 3.22. The third-order valence-electron chi connectivity index (χ3n) is 4.40. The molecule has 2 unspecified atom stereocenters. The third-order valence-corrected chi connectivity index (χ3v) is 4.89. The van der Waals surface area contributed by atoms with E-state index in [2.05, 4.69) is 32.2 Å². The number of hydrogen-bond acceptors (Lipinski definition) is 6. The van der Waals surface area contributed by atoms with E-state index in [1.165, 1.54) is 0 Å². The van der Waals surface area contributed by atoms with E-state index in [-0.39, 0.29) is 12.5 Å². The standard InChI is InChI=1S/C19H15BrN4O3/c1-10-16-17(14(8-21)18(22)27-19(16)24-23-10)15-6-5-13(26-15)9-25-12-4-2-3-11(20)7-12/h2-7,14,17,22H,9H2,1H3,(H,23,24). The van der Waals surface area contributed by atoms with E-state index in [0.29, 0.717) is 17.4 Å². The Morgan fingerprint density at radius 3 is 3.00 bits per heavy atom. The molecule has 0 aliphatic carbocycles. The number of H-pyrrole nitrogens is 1. The number of aromatic amines is 1. The highest BCUT2D eigenvalue weighted by Gasteiger charge is 2.41. The predicted molar refractivity (Wildman–Crippen MR) is 99.8 cm³/mol. The second kappa shape index (κ2) is 6.93. The molecule has 0 bridgehead atoms. The summed E-state index contributed by atoms with van der Waals surface area (Å²) in [6, 6.07) is 13.3. The van der Waals surface area contributed by atoms with Gasteiger partial charge >= 0.3 is 0 Å². The molecule has 2 aromatic heterocycles. The van der Waals surface area contributed by atoms with Crippen LogP contribution in [0, 0.1) is 29.6 Å². The van der Waals surface area contributed by atoms with Gasteiger partial charge in [0.25, 0.3) is 0 Å². The highest BCUT2D eigenvalue weighted by atomic mass is 79.9. The minimum Gasteiger partial charge on any atom is -0.486 e. The fraction of sp³-hybridized carbons (Fsp3) is 0.211. The first-order valence-corrected chi connectivity index (χ1v) is 9.04. The normalized spacial score (nSPS) is 18.5. The van der Waals surface area contributed by atoms with Gasteiger partial charge in [-0.25, -0.2) is 0 Å². The Balaban J connectivity index is 1.61. The lowest BCUT2D eigenvalue weighted by Gasteiger charge is -2.25. The van der Waals surface area contributed by atoms with Gasteiger partial charge in [0.1, 0.15) is 29.8 Å². The molecule has 2 N–H and O–H groups in total. The predicted octanol–water partition coefficient (Wildman–Crippen LogP) is 4.29. The molecule has 2 atom stereocenters. The van der Waals surface area contributed by atoms with Crippen molar-refractivity contribution >= 4 is 21.8 Å². The number of benzene rings is 1. The summed E-state index contributed by atoms with van der Waals surface area (Å²) >= 11 is 3.41. The Labute approximate surface area is 163 Å². The second-order valence-corrected chi connectivity index (χ2v) is 7.08. The number of rotatable bonds is 4. The van der Waals surface area contributed by atoms with Gasteiger partial charge in [0.2, 0.25) is 11.8 Å². The summed E-state index contributed by atoms with van der Waals surface area (Å²) in [5.74, 6) is 0.874. The van der Waals surface area contributed by atoms with Crippen LogP contribution in [0.15, 0.2) is 45.3 Å². The fourth-order valence-corrected chi connectivity index (χ4v) is 3.51. The molecule has 1 aliphatic heterocycles. The van der Waals surface area contributed by atoms with Crippen LogP contribution in [0.5, 0.6) is 11.6 Å². The van der Waals surface area contributed by atoms with Crippen LogP contribution in [-0.2, 0) is 6.61 Å². The average molecular weight is 427 g/mol. The molecule has 0 amide bonds. The minimum atomic E-state index is -0.779. The van der Waals surface area contributed by atoms with Gasteiger partial charge in [-0.3, -0.25) is 10.5 Å². The SMILES string of the molecule is Cc1[nH]nc2c1C(c1ccc(COc3cccc(Br)c3)o1)C(C#N)C(=N)O2. The Morgan fingerprint density at radius 1 is 1.37 bits per heavy atom. The van der Waals surface area contributed by atoms with E-state index < -0.39 is 11.8 Å². The zero-order chi connectivity index (χ0) is 19.0. The Hall–Kier alpha value is -3.05. The lowest BCUT2D eigenvalue weighted by atomic mass is 9.83. The van der Waals surface area contributed by atoms with Crippen LogP contribution >= 0.6 is 15.9 Å². The number of nitrogens with zero attached hydrogens (tertiary/aromatic N) is 2. The first-order chi connectivity index (χ1) is 13.1. The molecule has 4 rings (SSSR count). The Bertz CT molecular complexity index is 1050. The number of aryl methyl sites for hydroxylation is 1. The van der Waals surface area contributed by atoms with E-state index in [1.54, 1.807) is 0 Å². The summed E-state index contributed by atoms with van der Waals surface area (Å²) in [6.45, 7) is 2.11. The van der Waals surface area contributed by atoms with Crippen molar-refractivity contribution in [1.82, 2.24) is 10.2 Å². The Kier molecular flexibility index (Phi) is 4.46. The minimum absolute atomic E-state index is 0.134. The van der Waals surface area contributed by atoms with Crippen LogP contribution in [0.2, 0.25) is 0 Å². The van der Waals surface area contributed by atoms with Crippen LogP contribution < -0.4 is 9.47 Å². The van der Waals surface area contributed by atoms with Crippen molar-refractivity contribution in [1.29, 1.82) is 10.7 Å². The topological polar surface area (TPSA) is 108 Å². The number of ether oxygens (including phenoxy) is 2. The van der Waals surface area contributed by atoms with Crippen LogP contribution in [0.4, 0.5) is 0 Å². The van der Waals surface area contributed by atoms with Crippen LogP contribution in [-0.4, -0.2) is 16.1 Å². The summed E-state index contributed by atoms with van der Waals surface area (Å²) in [5, 5.41) is 24.5. The molecule has 0 fully saturated rings. The summed E-state index contributed by atoms with van der Waals surface area (Å²) in [5.41, 5.74) is 1.53. The second-order valence-electron chi connectivity index (χ2n) is 6.17. The van der Waals surface area contributed by atoms with Gasteiger partial charge in [-0.2, -0.15) is 5.26 Å². The lowest BCUT2D eigenvalue weighted by molar-refractivity contribution is 0.262. The molecule has 3 heterocycles. The molecule has 0 radical (unpaired) electrons. The monoisotopic (exact) mass is 426 g/mol. The van der Waals surface area contributed by atoms with E-state index in [0.717, 1.165) is 21.5 Å². The average Bonchev–Trinajstić information content (AvgIpc) is 3.26. The molecule has 27 heavy (non-hydrogen) atoms. The van der Waals surface area contributed by atoms with Crippen molar-refractivity contribution in [2.75, 3.05) is 0 Å². The van der Waals surface area contributed by atoms with Crippen molar-refractivity contribution < 1.29 is 13.9 Å². The summed E-state index contributed by atoms with van der Waals surface area (Å²) in [4.78, 5) is 0. The maximum atomic E-state index is 9.56. The molecule has 136 valence electrons. The smallest absolute Gasteiger partial charge is 0.243 e. The van der Waals surface area contributed by atoms with E-state index >= 15 is 0 Å². The van der Waals surface area contributed by atoms with Gasteiger partial charge in [0.05, 0.1) is 12.0 Å². The van der Waals surface area contributed by atoms with E-state index in [1.807, 2.05) is 43.3 Å². The van der Waals surface area contributed by atoms with Crippen molar-refractivity contribution in [2.45, 2.75) is 19.4 Å². The number of nitrogens with one attached hydrogen (secondary N) is 2. The highest BCUT2D eigenvalue weighted by Crippen LogP contribution is 2.43. The molecule has 0 saturated heterocycles. The summed E-state index contributed by atoms with van der Waals surface area (Å²) in [6.07, 6.45) is 0. The molecule has 0 spiro atoms. The highest BCUT2D eigenvalue weighted by molar-refractivity contribution is 9.10. The van der Waals surface area contributed by atoms with Gasteiger partial charge in [0.15, 0.2) is 0 Å². The molecule has 1 aliphatic rings. The first-order valence-electron chi connectivity index (χ1n) is 8.24. The van der Waals surface area contributed by atoms with Crippen LogP contribution in [0.25, 0.3) is 0 Å². The number of nitriles is 1. The van der Waals surface area contributed by atoms with E-state index in [9.17, 15) is 5.26 Å². The van der Waals surface area contributed by atoms with Crippen LogP contribution in [0.3, 0.4) is 0 Å². The van der Waals surface area contributed by atoms with Gasteiger partial charge in [-0.05, 0) is 37.3 Å². The number of halogens is 1. The van der Waals surface area contributed by atoms with E-state index in [4.69, 9.17) is 19.3 Å². The van der Waals surface area contributed by atoms with Crippen molar-refractivity contribution in [3.8, 4) is 17.7 Å². The maximum Gasteiger partial charge on any atom is 0.243 e. The molecule has 0 saturated carbocycles. The lowest BCUT2D eigenvalue weighted by Crippen LogP contribution is -2.30. The zero-order valence-electron chi connectivity index (χ0n) is 14.3.